The van der Waals surface area contributed by atoms with Crippen LogP contribution in [0, 0.1) is 0 Å². The molecule has 1 aliphatic rings. The highest BCUT2D eigenvalue weighted by molar-refractivity contribution is 5.88. The Kier molecular flexibility index (Phi) is 5.16. The molecule has 2 rings (SSSR count). The predicted molar refractivity (Wildman–Crippen MR) is 79.6 cm³/mol. The number of nitrogens with two attached hydrogens (primary N) is 1. The summed E-state index contributed by atoms with van der Waals surface area (Å²) < 4.78 is 5.21. The Hall–Kier alpha value is -2.08. The van der Waals surface area contributed by atoms with Crippen LogP contribution in [-0.4, -0.2) is 49.1 Å². The summed E-state index contributed by atoms with van der Waals surface area (Å²) in [5, 5.41) is 2.73. The third-order valence-electron chi connectivity index (χ3n) is 3.39. The lowest BCUT2D eigenvalue weighted by Crippen LogP contribution is -2.50. The first-order valence-corrected chi connectivity index (χ1v) is 7.06. The molecule has 1 atom stereocenters. The van der Waals surface area contributed by atoms with E-state index >= 15 is 0 Å². The zero-order valence-corrected chi connectivity index (χ0v) is 12.2. The molecular weight excluding hydrogens is 270 g/mol. The van der Waals surface area contributed by atoms with Gasteiger partial charge in [0, 0.05) is 18.8 Å². The summed E-state index contributed by atoms with van der Waals surface area (Å²) in [5.74, 6) is -0.256. The third-order valence-corrected chi connectivity index (χ3v) is 3.39. The number of carbonyl (C=O) groups is 2. The summed E-state index contributed by atoms with van der Waals surface area (Å²) in [6, 6.07) is 6.64. The van der Waals surface area contributed by atoms with E-state index in [1.807, 2.05) is 6.07 Å². The van der Waals surface area contributed by atoms with Crippen LogP contribution in [0.5, 0.6) is 0 Å². The number of ether oxygens (including phenoxy) is 1. The molecule has 1 unspecified atom stereocenters. The average Bonchev–Trinajstić information content (AvgIpc) is 2.47. The van der Waals surface area contributed by atoms with Gasteiger partial charge in [0.2, 0.25) is 11.8 Å². The first-order valence-electron chi connectivity index (χ1n) is 7.06. The minimum absolute atomic E-state index is 0.0702. The van der Waals surface area contributed by atoms with Crippen molar-refractivity contribution in [1.29, 1.82) is 0 Å². The largest absolute Gasteiger partial charge is 0.399 e. The molecule has 1 aromatic carbocycles. The number of amides is 2. The van der Waals surface area contributed by atoms with Crippen LogP contribution < -0.4 is 11.1 Å². The van der Waals surface area contributed by atoms with E-state index in [9.17, 15) is 9.59 Å². The summed E-state index contributed by atoms with van der Waals surface area (Å²) in [7, 11) is 0. The molecule has 0 aromatic heterocycles. The molecule has 1 fully saturated rings. The van der Waals surface area contributed by atoms with Crippen LogP contribution in [0.15, 0.2) is 24.3 Å². The molecule has 0 spiro atoms. The van der Waals surface area contributed by atoms with Crippen molar-refractivity contribution in [3.8, 4) is 0 Å². The molecule has 0 radical (unpaired) electrons. The highest BCUT2D eigenvalue weighted by Gasteiger charge is 2.23. The maximum Gasteiger partial charge on any atom is 0.245 e. The lowest BCUT2D eigenvalue weighted by Gasteiger charge is -2.29. The van der Waals surface area contributed by atoms with Gasteiger partial charge in [-0.05, 0) is 24.6 Å². The molecule has 6 nitrogen and oxygen atoms in total. The van der Waals surface area contributed by atoms with E-state index < -0.39 is 6.04 Å². The first-order chi connectivity index (χ1) is 10.1. The summed E-state index contributed by atoms with van der Waals surface area (Å²) in [4.78, 5) is 25.9. The maximum absolute atomic E-state index is 12.2. The zero-order chi connectivity index (χ0) is 15.2. The van der Waals surface area contributed by atoms with Crippen LogP contribution >= 0.6 is 0 Å². The van der Waals surface area contributed by atoms with Crippen molar-refractivity contribution in [2.45, 2.75) is 19.4 Å². The van der Waals surface area contributed by atoms with Crippen molar-refractivity contribution in [2.24, 2.45) is 0 Å². The summed E-state index contributed by atoms with van der Waals surface area (Å²) >= 11 is 0. The summed E-state index contributed by atoms with van der Waals surface area (Å²) in [6.07, 6.45) is 0.214. The molecule has 1 aliphatic heterocycles. The molecule has 2 amide bonds. The normalized spacial score (nSPS) is 16.3. The number of nitrogens with one attached hydrogen (secondary N) is 1. The molecule has 1 aromatic rings. The molecule has 21 heavy (non-hydrogen) atoms. The van der Waals surface area contributed by atoms with E-state index in [-0.39, 0.29) is 18.2 Å². The van der Waals surface area contributed by atoms with E-state index in [1.54, 1.807) is 30.0 Å². The number of morpholine rings is 1. The van der Waals surface area contributed by atoms with Crippen LogP contribution in [0.3, 0.4) is 0 Å². The van der Waals surface area contributed by atoms with Gasteiger partial charge in [-0.1, -0.05) is 12.1 Å². The first kappa shape index (κ1) is 15.3. The lowest BCUT2D eigenvalue weighted by atomic mass is 10.1. The Labute approximate surface area is 124 Å². The van der Waals surface area contributed by atoms with Gasteiger partial charge >= 0.3 is 0 Å². The Morgan fingerprint density at radius 3 is 2.76 bits per heavy atom. The molecule has 6 heteroatoms. The second-order valence-electron chi connectivity index (χ2n) is 5.15. The Bertz CT molecular complexity index is 513. The van der Waals surface area contributed by atoms with E-state index in [1.165, 1.54) is 0 Å². The standard InChI is InChI=1S/C15H21N3O3/c1-11(15(20)18-5-7-21-8-6-18)17-14(19)10-12-3-2-4-13(16)9-12/h2-4,9,11H,5-8,10,16H2,1H3,(H,17,19). The SMILES string of the molecule is CC(NC(=O)Cc1cccc(N)c1)C(=O)N1CCOCC1. The van der Waals surface area contributed by atoms with Gasteiger partial charge in [0.15, 0.2) is 0 Å². The highest BCUT2D eigenvalue weighted by Crippen LogP contribution is 2.07. The second kappa shape index (κ2) is 7.08. The van der Waals surface area contributed by atoms with E-state index in [0.29, 0.717) is 32.0 Å². The van der Waals surface area contributed by atoms with Gasteiger partial charge in [-0.3, -0.25) is 9.59 Å². The number of hydrogen-bond donors (Lipinski definition) is 2. The van der Waals surface area contributed by atoms with Gasteiger partial charge < -0.3 is 20.7 Å². The van der Waals surface area contributed by atoms with Crippen molar-refractivity contribution < 1.29 is 14.3 Å². The summed E-state index contributed by atoms with van der Waals surface area (Å²) in [6.45, 7) is 3.96. The second-order valence-corrected chi connectivity index (χ2v) is 5.15. The summed E-state index contributed by atoms with van der Waals surface area (Å²) in [5.41, 5.74) is 7.13. The van der Waals surface area contributed by atoms with Gasteiger partial charge in [0.05, 0.1) is 19.6 Å². The van der Waals surface area contributed by atoms with Crippen LogP contribution in [-0.2, 0) is 20.7 Å². The minimum atomic E-state index is -0.531. The van der Waals surface area contributed by atoms with Crippen LogP contribution in [0.1, 0.15) is 12.5 Å². The number of benzene rings is 1. The molecule has 1 heterocycles. The fraction of sp³-hybridized carbons (Fsp3) is 0.467. The third kappa shape index (κ3) is 4.46. The smallest absolute Gasteiger partial charge is 0.245 e. The molecule has 1 saturated heterocycles. The quantitative estimate of drug-likeness (QED) is 0.775. The number of hydrogen-bond acceptors (Lipinski definition) is 4. The van der Waals surface area contributed by atoms with Crippen molar-refractivity contribution >= 4 is 17.5 Å². The van der Waals surface area contributed by atoms with Crippen molar-refractivity contribution in [1.82, 2.24) is 10.2 Å². The number of anilines is 1. The minimum Gasteiger partial charge on any atom is -0.399 e. The van der Waals surface area contributed by atoms with Crippen LogP contribution in [0.25, 0.3) is 0 Å². The van der Waals surface area contributed by atoms with Crippen molar-refractivity contribution in [3.63, 3.8) is 0 Å². The maximum atomic E-state index is 12.2. The van der Waals surface area contributed by atoms with E-state index in [4.69, 9.17) is 10.5 Å². The average molecular weight is 291 g/mol. The zero-order valence-electron chi connectivity index (χ0n) is 12.2. The predicted octanol–water partition coefficient (Wildman–Crippen LogP) is 0.175. The molecule has 114 valence electrons. The van der Waals surface area contributed by atoms with Gasteiger partial charge in [0.1, 0.15) is 6.04 Å². The molecule has 0 bridgehead atoms. The van der Waals surface area contributed by atoms with Crippen LogP contribution in [0.4, 0.5) is 5.69 Å². The fourth-order valence-electron chi connectivity index (χ4n) is 2.30. The molecule has 3 N–H and O–H groups in total. The van der Waals surface area contributed by atoms with E-state index in [0.717, 1.165) is 5.56 Å². The number of carbonyl (C=O) groups excluding carboxylic acids is 2. The van der Waals surface area contributed by atoms with Crippen LogP contribution in [0.2, 0.25) is 0 Å². The number of nitrogens with zero attached hydrogens (tertiary/aromatic N) is 1. The van der Waals surface area contributed by atoms with Gasteiger partial charge in [-0.15, -0.1) is 0 Å². The Balaban J connectivity index is 1.85. The van der Waals surface area contributed by atoms with Crippen molar-refractivity contribution in [3.05, 3.63) is 29.8 Å². The molecule has 0 aliphatic carbocycles. The van der Waals surface area contributed by atoms with E-state index in [2.05, 4.69) is 5.32 Å². The van der Waals surface area contributed by atoms with Gasteiger partial charge in [-0.25, -0.2) is 0 Å². The Morgan fingerprint density at radius 1 is 1.38 bits per heavy atom. The molecular formula is C15H21N3O3. The number of nitrogen functional groups attached to an aromatic ring is 1. The molecule has 0 saturated carbocycles. The monoisotopic (exact) mass is 291 g/mol. The topological polar surface area (TPSA) is 84.7 Å². The van der Waals surface area contributed by atoms with Gasteiger partial charge in [-0.2, -0.15) is 0 Å². The fourth-order valence-corrected chi connectivity index (χ4v) is 2.30. The number of rotatable bonds is 4. The lowest BCUT2D eigenvalue weighted by molar-refractivity contribution is -0.139. The highest BCUT2D eigenvalue weighted by atomic mass is 16.5. The van der Waals surface area contributed by atoms with Gasteiger partial charge in [0.25, 0.3) is 0 Å². The van der Waals surface area contributed by atoms with Crippen molar-refractivity contribution in [2.75, 3.05) is 32.0 Å². The Morgan fingerprint density at radius 2 is 2.10 bits per heavy atom.